The molecule has 2 rings (SSSR count). The van der Waals surface area contributed by atoms with Crippen LogP contribution in [0.3, 0.4) is 0 Å². The summed E-state index contributed by atoms with van der Waals surface area (Å²) in [6.45, 7) is 8.08. The number of aliphatic hydroxyl groups excluding tert-OH is 1. The molecule has 1 heterocycles. The van der Waals surface area contributed by atoms with Crippen molar-refractivity contribution in [3.05, 3.63) is 29.3 Å². The van der Waals surface area contributed by atoms with Crippen molar-refractivity contribution in [1.82, 2.24) is 4.90 Å². The highest BCUT2D eigenvalue weighted by molar-refractivity contribution is 5.74. The van der Waals surface area contributed by atoms with E-state index in [4.69, 9.17) is 14.2 Å². The lowest BCUT2D eigenvalue weighted by atomic mass is 10.1. The minimum Gasteiger partial charge on any atom is -0.490 e. The summed E-state index contributed by atoms with van der Waals surface area (Å²) in [6.07, 6.45) is -1.68. The Kier molecular flexibility index (Phi) is 5.89. The van der Waals surface area contributed by atoms with Crippen LogP contribution in [0.1, 0.15) is 38.8 Å². The summed E-state index contributed by atoms with van der Waals surface area (Å²) in [4.78, 5) is 25.1. The number of rotatable bonds is 5. The second-order valence-electron chi connectivity index (χ2n) is 6.85. The highest BCUT2D eigenvalue weighted by Gasteiger charge is 2.28. The third kappa shape index (κ3) is 5.35. The first-order valence-corrected chi connectivity index (χ1v) is 8.27. The predicted molar refractivity (Wildman–Crippen MR) is 90.1 cm³/mol. The summed E-state index contributed by atoms with van der Waals surface area (Å²) >= 11 is 0. The Hall–Kier alpha value is -2.28. The van der Waals surface area contributed by atoms with Gasteiger partial charge in [0.15, 0.2) is 6.10 Å². The lowest BCUT2D eigenvalue weighted by molar-refractivity contribution is -0.154. The second kappa shape index (κ2) is 7.74. The summed E-state index contributed by atoms with van der Waals surface area (Å²) in [5.41, 5.74) is 1.43. The van der Waals surface area contributed by atoms with Crippen molar-refractivity contribution in [3.63, 3.8) is 0 Å². The summed E-state index contributed by atoms with van der Waals surface area (Å²) in [7, 11) is 0. The maximum Gasteiger partial charge on any atom is 0.410 e. The van der Waals surface area contributed by atoms with Gasteiger partial charge in [-0.2, -0.15) is 0 Å². The number of esters is 1. The average Bonchev–Trinajstić information content (AvgIpc) is 2.94. The van der Waals surface area contributed by atoms with Gasteiger partial charge in [-0.25, -0.2) is 9.59 Å². The number of fused-ring (bicyclic) bond motifs is 1. The molecule has 1 aliphatic rings. The van der Waals surface area contributed by atoms with E-state index in [1.807, 2.05) is 26.8 Å². The average molecular weight is 351 g/mol. The van der Waals surface area contributed by atoms with Crippen LogP contribution in [0.2, 0.25) is 0 Å². The minimum absolute atomic E-state index is 0.187. The Morgan fingerprint density at radius 2 is 1.92 bits per heavy atom. The number of aliphatic hydroxyl groups is 1. The molecule has 0 saturated carbocycles. The molecule has 0 spiro atoms. The first-order chi connectivity index (χ1) is 11.7. The molecule has 1 aliphatic heterocycles. The highest BCUT2D eigenvalue weighted by Crippen LogP contribution is 2.28. The van der Waals surface area contributed by atoms with Crippen LogP contribution in [0.5, 0.6) is 5.75 Å². The molecule has 1 amide bonds. The summed E-state index contributed by atoms with van der Waals surface area (Å²) in [5, 5.41) is 9.66. The van der Waals surface area contributed by atoms with Crippen molar-refractivity contribution in [2.24, 2.45) is 0 Å². The van der Waals surface area contributed by atoms with Crippen LogP contribution in [0.25, 0.3) is 0 Å². The SMILES string of the molecule is CCOC(=O)[C@H](O)COc1ccc2c(c1)CN(C(=O)OC(C)(C)C)C2. The van der Waals surface area contributed by atoms with E-state index < -0.39 is 17.7 Å². The van der Waals surface area contributed by atoms with Crippen LogP contribution in [0, 0.1) is 0 Å². The number of hydrogen-bond donors (Lipinski definition) is 1. The van der Waals surface area contributed by atoms with E-state index in [-0.39, 0.29) is 19.3 Å². The molecule has 0 aromatic heterocycles. The van der Waals surface area contributed by atoms with Gasteiger partial charge in [0.25, 0.3) is 0 Å². The maximum absolute atomic E-state index is 12.2. The van der Waals surface area contributed by atoms with Crippen LogP contribution in [0.4, 0.5) is 4.79 Å². The quantitative estimate of drug-likeness (QED) is 0.819. The minimum atomic E-state index is -1.33. The molecule has 1 N–H and O–H groups in total. The van der Waals surface area contributed by atoms with Gasteiger partial charge in [-0.05, 0) is 51.0 Å². The van der Waals surface area contributed by atoms with Crippen molar-refractivity contribution < 1.29 is 28.9 Å². The lowest BCUT2D eigenvalue weighted by Gasteiger charge is -2.24. The first-order valence-electron chi connectivity index (χ1n) is 8.27. The molecular formula is C18H25NO6. The van der Waals surface area contributed by atoms with E-state index in [1.165, 1.54) is 0 Å². The van der Waals surface area contributed by atoms with Crippen LogP contribution in [-0.4, -0.2) is 47.0 Å². The number of nitrogens with zero attached hydrogens (tertiary/aromatic N) is 1. The van der Waals surface area contributed by atoms with Gasteiger partial charge in [0.2, 0.25) is 0 Å². The predicted octanol–water partition coefficient (Wildman–Crippen LogP) is 2.24. The van der Waals surface area contributed by atoms with E-state index in [0.29, 0.717) is 18.8 Å². The molecule has 0 aliphatic carbocycles. The number of ether oxygens (including phenoxy) is 3. The number of hydrogen-bond acceptors (Lipinski definition) is 6. The molecular weight excluding hydrogens is 326 g/mol. The van der Waals surface area contributed by atoms with Crippen molar-refractivity contribution in [2.75, 3.05) is 13.2 Å². The van der Waals surface area contributed by atoms with Gasteiger partial charge in [-0.3, -0.25) is 4.90 Å². The zero-order valence-corrected chi connectivity index (χ0v) is 15.1. The molecule has 1 atom stereocenters. The zero-order chi connectivity index (χ0) is 18.6. The van der Waals surface area contributed by atoms with Gasteiger partial charge in [0.1, 0.15) is 18.0 Å². The Morgan fingerprint density at radius 3 is 2.56 bits per heavy atom. The number of amides is 1. The summed E-state index contributed by atoms with van der Waals surface area (Å²) in [6, 6.07) is 5.42. The van der Waals surface area contributed by atoms with Crippen molar-refractivity contribution in [3.8, 4) is 5.75 Å². The molecule has 138 valence electrons. The fourth-order valence-electron chi connectivity index (χ4n) is 2.40. The van der Waals surface area contributed by atoms with E-state index in [2.05, 4.69) is 0 Å². The van der Waals surface area contributed by atoms with Gasteiger partial charge in [0.05, 0.1) is 6.61 Å². The van der Waals surface area contributed by atoms with Crippen LogP contribution >= 0.6 is 0 Å². The van der Waals surface area contributed by atoms with Gasteiger partial charge in [-0.1, -0.05) is 6.07 Å². The molecule has 0 saturated heterocycles. The third-order valence-electron chi connectivity index (χ3n) is 3.52. The molecule has 7 heteroatoms. The van der Waals surface area contributed by atoms with Crippen LogP contribution in [-0.2, 0) is 27.4 Å². The molecule has 1 aromatic carbocycles. The van der Waals surface area contributed by atoms with Crippen LogP contribution in [0.15, 0.2) is 18.2 Å². The molecule has 0 radical (unpaired) electrons. The highest BCUT2D eigenvalue weighted by atomic mass is 16.6. The van der Waals surface area contributed by atoms with Gasteiger partial charge in [0, 0.05) is 13.1 Å². The molecule has 0 fully saturated rings. The largest absolute Gasteiger partial charge is 0.490 e. The smallest absolute Gasteiger partial charge is 0.410 e. The fourth-order valence-corrected chi connectivity index (χ4v) is 2.40. The standard InChI is InChI=1S/C18H25NO6/c1-5-23-16(21)15(20)11-24-14-7-6-12-9-19(10-13(12)8-14)17(22)25-18(2,3)4/h6-8,15,20H,5,9-11H2,1-4H3/t15-/m1/s1. The zero-order valence-electron chi connectivity index (χ0n) is 15.1. The van der Waals surface area contributed by atoms with E-state index in [0.717, 1.165) is 11.1 Å². The Balaban J connectivity index is 1.93. The van der Waals surface area contributed by atoms with Crippen LogP contribution < -0.4 is 4.74 Å². The van der Waals surface area contributed by atoms with Crippen molar-refractivity contribution in [2.45, 2.75) is 52.5 Å². The molecule has 0 unspecified atom stereocenters. The molecule has 1 aromatic rings. The van der Waals surface area contributed by atoms with E-state index >= 15 is 0 Å². The Labute approximate surface area is 147 Å². The normalized spacial score (nSPS) is 14.7. The first kappa shape index (κ1) is 19.1. The van der Waals surface area contributed by atoms with Gasteiger partial charge < -0.3 is 19.3 Å². The third-order valence-corrected chi connectivity index (χ3v) is 3.52. The van der Waals surface area contributed by atoms with Crippen molar-refractivity contribution in [1.29, 1.82) is 0 Å². The summed E-state index contributed by atoms with van der Waals surface area (Å²) < 4.78 is 15.6. The lowest BCUT2D eigenvalue weighted by Crippen LogP contribution is -2.33. The monoisotopic (exact) mass is 351 g/mol. The maximum atomic E-state index is 12.2. The Bertz CT molecular complexity index is 637. The molecule has 7 nitrogen and oxygen atoms in total. The number of benzene rings is 1. The second-order valence-corrected chi connectivity index (χ2v) is 6.85. The Morgan fingerprint density at radius 1 is 1.24 bits per heavy atom. The van der Waals surface area contributed by atoms with Gasteiger partial charge >= 0.3 is 12.1 Å². The van der Waals surface area contributed by atoms with Gasteiger partial charge in [-0.15, -0.1) is 0 Å². The van der Waals surface area contributed by atoms with Crippen molar-refractivity contribution >= 4 is 12.1 Å². The van der Waals surface area contributed by atoms with E-state index in [1.54, 1.807) is 24.0 Å². The number of carbonyl (C=O) groups excluding carboxylic acids is 2. The number of carbonyl (C=O) groups is 2. The fraction of sp³-hybridized carbons (Fsp3) is 0.556. The molecule has 25 heavy (non-hydrogen) atoms. The topological polar surface area (TPSA) is 85.3 Å². The van der Waals surface area contributed by atoms with E-state index in [9.17, 15) is 14.7 Å². The molecule has 0 bridgehead atoms. The summed E-state index contributed by atoms with van der Waals surface area (Å²) in [5.74, 6) is -0.187.